The lowest BCUT2D eigenvalue weighted by atomic mass is 10.2. The molecule has 0 saturated carbocycles. The van der Waals surface area contributed by atoms with E-state index in [2.05, 4.69) is 5.32 Å². The molecule has 0 aliphatic heterocycles. The van der Waals surface area contributed by atoms with E-state index < -0.39 is 27.8 Å². The normalized spacial score (nSPS) is 12.0. The zero-order chi connectivity index (χ0) is 20.9. The standard InChI is InChI=1S/C19H21Cl2FN2O3S.CH4/c1-3-4-11-23-19(25)13(2)24(18-12-15(21)7-10-17(18)22)28(26,27)16-8-5-14(20)6-9-16;/h5-10,12-13H,3-4,11H2,1-2H3,(H,23,25);1H4/t13-;/m1./s1. The van der Waals surface area contributed by atoms with Crippen molar-refractivity contribution in [3.8, 4) is 0 Å². The highest BCUT2D eigenvalue weighted by Gasteiger charge is 2.35. The van der Waals surface area contributed by atoms with Crippen molar-refractivity contribution in [3.05, 3.63) is 58.3 Å². The van der Waals surface area contributed by atoms with Crippen molar-refractivity contribution >= 4 is 44.8 Å². The maximum atomic E-state index is 14.5. The Kier molecular flexibility index (Phi) is 9.39. The topological polar surface area (TPSA) is 66.5 Å². The highest BCUT2D eigenvalue weighted by molar-refractivity contribution is 7.93. The van der Waals surface area contributed by atoms with Gasteiger partial charge in [0.05, 0.1) is 10.6 Å². The van der Waals surface area contributed by atoms with Gasteiger partial charge >= 0.3 is 0 Å². The minimum Gasteiger partial charge on any atom is -0.354 e. The van der Waals surface area contributed by atoms with Crippen molar-refractivity contribution in [2.24, 2.45) is 0 Å². The summed E-state index contributed by atoms with van der Waals surface area (Å²) in [6, 6.07) is 7.76. The summed E-state index contributed by atoms with van der Waals surface area (Å²) in [6.45, 7) is 3.76. The smallest absolute Gasteiger partial charge is 0.265 e. The van der Waals surface area contributed by atoms with E-state index in [1.165, 1.54) is 43.3 Å². The number of hydrogen-bond acceptors (Lipinski definition) is 3. The third-order valence-corrected chi connectivity index (χ3v) is 6.46. The highest BCUT2D eigenvalue weighted by Crippen LogP contribution is 2.31. The third kappa shape index (κ3) is 6.07. The number of halogens is 3. The SMILES string of the molecule is C.CCCCNC(=O)[C@@H](C)N(c1cc(Cl)ccc1F)S(=O)(=O)c1ccc(Cl)cc1. The fourth-order valence-electron chi connectivity index (χ4n) is 2.56. The van der Waals surface area contributed by atoms with Crippen LogP contribution in [-0.4, -0.2) is 26.9 Å². The molecule has 0 spiro atoms. The second kappa shape index (κ2) is 10.8. The van der Waals surface area contributed by atoms with Crippen LogP contribution in [-0.2, 0) is 14.8 Å². The molecule has 0 unspecified atom stereocenters. The Hall–Kier alpha value is -1.83. The number of anilines is 1. The summed E-state index contributed by atoms with van der Waals surface area (Å²) in [5.41, 5.74) is -0.305. The van der Waals surface area contributed by atoms with Crippen molar-refractivity contribution in [1.82, 2.24) is 5.32 Å². The lowest BCUT2D eigenvalue weighted by molar-refractivity contribution is -0.121. The molecule has 29 heavy (non-hydrogen) atoms. The van der Waals surface area contributed by atoms with Crippen LogP contribution >= 0.6 is 23.2 Å². The average Bonchev–Trinajstić information content (AvgIpc) is 2.65. The molecule has 0 aliphatic carbocycles. The lowest BCUT2D eigenvalue weighted by Gasteiger charge is -2.30. The summed E-state index contributed by atoms with van der Waals surface area (Å²) in [5.74, 6) is -1.35. The third-order valence-electron chi connectivity index (χ3n) is 4.08. The second-order valence-corrected chi connectivity index (χ2v) is 8.86. The van der Waals surface area contributed by atoms with E-state index in [0.29, 0.717) is 11.6 Å². The van der Waals surface area contributed by atoms with Gasteiger partial charge in [-0.1, -0.05) is 44.0 Å². The predicted octanol–water partition coefficient (Wildman–Crippen LogP) is 5.27. The van der Waals surface area contributed by atoms with Crippen LogP contribution in [0.25, 0.3) is 0 Å². The number of carbonyl (C=O) groups excluding carboxylic acids is 1. The fourth-order valence-corrected chi connectivity index (χ4v) is 4.47. The number of carbonyl (C=O) groups is 1. The van der Waals surface area contributed by atoms with Crippen LogP contribution in [0.5, 0.6) is 0 Å². The molecule has 0 radical (unpaired) electrons. The molecule has 1 amide bonds. The summed E-state index contributed by atoms with van der Waals surface area (Å²) >= 11 is 11.8. The molecule has 2 rings (SSSR count). The quantitative estimate of drug-likeness (QED) is 0.543. The maximum absolute atomic E-state index is 14.5. The molecule has 0 aromatic heterocycles. The van der Waals surface area contributed by atoms with Crippen LogP contribution < -0.4 is 9.62 Å². The summed E-state index contributed by atoms with van der Waals surface area (Å²) in [5, 5.41) is 3.18. The first-order valence-corrected chi connectivity index (χ1v) is 10.9. The van der Waals surface area contributed by atoms with Crippen molar-refractivity contribution < 1.29 is 17.6 Å². The Bertz CT molecular complexity index is 937. The largest absolute Gasteiger partial charge is 0.354 e. The second-order valence-electron chi connectivity index (χ2n) is 6.17. The van der Waals surface area contributed by atoms with E-state index in [4.69, 9.17) is 23.2 Å². The number of sulfonamides is 1. The van der Waals surface area contributed by atoms with Crippen LogP contribution in [0.15, 0.2) is 47.4 Å². The summed E-state index contributed by atoms with van der Waals surface area (Å²) < 4.78 is 41.8. The van der Waals surface area contributed by atoms with E-state index in [1.807, 2.05) is 6.92 Å². The molecule has 0 heterocycles. The summed E-state index contributed by atoms with van der Waals surface area (Å²) in [7, 11) is -4.27. The van der Waals surface area contributed by atoms with Gasteiger partial charge in [-0.2, -0.15) is 0 Å². The van der Waals surface area contributed by atoms with Gasteiger partial charge in [-0.05, 0) is 55.8 Å². The Morgan fingerprint density at radius 2 is 1.72 bits per heavy atom. The van der Waals surface area contributed by atoms with Crippen LogP contribution in [0.1, 0.15) is 34.1 Å². The molecule has 1 N–H and O–H groups in total. The molecule has 0 bridgehead atoms. The van der Waals surface area contributed by atoms with Gasteiger partial charge in [0.1, 0.15) is 11.9 Å². The minimum atomic E-state index is -4.27. The van der Waals surface area contributed by atoms with Gasteiger partial charge in [0.2, 0.25) is 5.91 Å². The molecule has 0 aliphatic rings. The number of hydrogen-bond donors (Lipinski definition) is 1. The summed E-state index contributed by atoms with van der Waals surface area (Å²) in [4.78, 5) is 12.4. The Balaban J connectivity index is 0.00000420. The first kappa shape index (κ1) is 25.2. The molecule has 2 aromatic carbocycles. The first-order valence-electron chi connectivity index (χ1n) is 8.71. The molecule has 0 saturated heterocycles. The minimum absolute atomic E-state index is 0. The number of nitrogens with zero attached hydrogens (tertiary/aromatic N) is 1. The van der Waals surface area contributed by atoms with Gasteiger partial charge in [0.25, 0.3) is 10.0 Å². The van der Waals surface area contributed by atoms with Crippen molar-refractivity contribution in [2.75, 3.05) is 10.8 Å². The molecule has 1 atom stereocenters. The van der Waals surface area contributed by atoms with E-state index in [1.54, 1.807) is 0 Å². The maximum Gasteiger partial charge on any atom is 0.265 e. The molecular formula is C20H25Cl2FN2O3S. The zero-order valence-electron chi connectivity index (χ0n) is 15.5. The van der Waals surface area contributed by atoms with Gasteiger partial charge in [0, 0.05) is 16.6 Å². The Labute approximate surface area is 181 Å². The number of amides is 1. The Morgan fingerprint density at radius 3 is 2.31 bits per heavy atom. The van der Waals surface area contributed by atoms with E-state index >= 15 is 0 Å². The first-order chi connectivity index (χ1) is 13.2. The van der Waals surface area contributed by atoms with Crippen LogP contribution in [0.4, 0.5) is 10.1 Å². The van der Waals surface area contributed by atoms with Gasteiger partial charge in [-0.15, -0.1) is 0 Å². The molecular weight excluding hydrogens is 438 g/mol. The number of benzene rings is 2. The number of rotatable bonds is 8. The molecule has 160 valence electrons. The van der Waals surface area contributed by atoms with E-state index in [9.17, 15) is 17.6 Å². The fraction of sp³-hybridized carbons (Fsp3) is 0.350. The van der Waals surface area contributed by atoms with E-state index in [-0.39, 0.29) is 23.0 Å². The monoisotopic (exact) mass is 462 g/mol. The highest BCUT2D eigenvalue weighted by atomic mass is 35.5. The van der Waals surface area contributed by atoms with Gasteiger partial charge in [-0.25, -0.2) is 12.8 Å². The van der Waals surface area contributed by atoms with Gasteiger partial charge in [-0.3, -0.25) is 9.10 Å². The predicted molar refractivity (Wildman–Crippen MR) is 117 cm³/mol. The van der Waals surface area contributed by atoms with Crippen molar-refractivity contribution in [1.29, 1.82) is 0 Å². The zero-order valence-corrected chi connectivity index (χ0v) is 17.8. The van der Waals surface area contributed by atoms with Crippen LogP contribution in [0.2, 0.25) is 10.0 Å². The van der Waals surface area contributed by atoms with Gasteiger partial charge in [0.15, 0.2) is 0 Å². The van der Waals surface area contributed by atoms with Crippen LogP contribution in [0.3, 0.4) is 0 Å². The average molecular weight is 463 g/mol. The van der Waals surface area contributed by atoms with Gasteiger partial charge < -0.3 is 5.32 Å². The lowest BCUT2D eigenvalue weighted by Crippen LogP contribution is -2.48. The van der Waals surface area contributed by atoms with E-state index in [0.717, 1.165) is 23.2 Å². The Morgan fingerprint density at radius 1 is 1.14 bits per heavy atom. The van der Waals surface area contributed by atoms with Crippen molar-refractivity contribution in [3.63, 3.8) is 0 Å². The number of unbranched alkanes of at least 4 members (excludes halogenated alkanes) is 1. The van der Waals surface area contributed by atoms with Crippen molar-refractivity contribution in [2.45, 2.75) is 45.1 Å². The molecule has 0 fully saturated rings. The van der Waals surface area contributed by atoms with Crippen LogP contribution in [0, 0.1) is 5.82 Å². The molecule has 2 aromatic rings. The summed E-state index contributed by atoms with van der Waals surface area (Å²) in [6.07, 6.45) is 1.61. The molecule has 9 heteroatoms. The number of nitrogens with one attached hydrogen (secondary N) is 1. The molecule has 5 nitrogen and oxygen atoms in total.